The molecule has 5 heteroatoms. The van der Waals surface area contributed by atoms with E-state index in [0.29, 0.717) is 13.1 Å². The summed E-state index contributed by atoms with van der Waals surface area (Å²) in [4.78, 5) is 9.18. The summed E-state index contributed by atoms with van der Waals surface area (Å²) < 4.78 is 4.15. The zero-order chi connectivity index (χ0) is 7.66. The number of H-pyrrole nitrogens is 1. The molecule has 0 unspecified atom stereocenters. The van der Waals surface area contributed by atoms with Gasteiger partial charge in [0.1, 0.15) is 0 Å². The van der Waals surface area contributed by atoms with Crippen molar-refractivity contribution < 1.29 is 9.53 Å². The highest BCUT2D eigenvalue weighted by molar-refractivity contribution is 5.36. The quantitative estimate of drug-likeness (QED) is 0.591. The van der Waals surface area contributed by atoms with Gasteiger partial charge in [0.05, 0.1) is 19.0 Å². The molecule has 0 aromatic carbocycles. The van der Waals surface area contributed by atoms with E-state index in [1.807, 2.05) is 0 Å². The number of hydrogen-bond donors (Lipinski definition) is 1. The Kier molecular flexibility index (Phi) is 6.55. The van der Waals surface area contributed by atoms with Gasteiger partial charge in [-0.3, -0.25) is 4.79 Å². The number of ether oxygens (including phenoxy) is 1. The van der Waals surface area contributed by atoms with Crippen LogP contribution < -0.4 is 0 Å². The van der Waals surface area contributed by atoms with Gasteiger partial charge in [-0.05, 0) is 6.92 Å². The van der Waals surface area contributed by atoms with Crippen molar-refractivity contribution in [2.24, 2.45) is 0 Å². The Hall–Kier alpha value is -1.39. The highest BCUT2D eigenvalue weighted by Crippen LogP contribution is 1.55. The van der Waals surface area contributed by atoms with Gasteiger partial charge in [0.25, 0.3) is 6.47 Å². The molecule has 1 rings (SSSR count). The van der Waals surface area contributed by atoms with Crippen molar-refractivity contribution >= 4 is 6.47 Å². The van der Waals surface area contributed by atoms with E-state index < -0.39 is 0 Å². The van der Waals surface area contributed by atoms with Crippen molar-refractivity contribution in [2.45, 2.75) is 6.92 Å². The van der Waals surface area contributed by atoms with Crippen molar-refractivity contribution in [2.75, 3.05) is 6.61 Å². The maximum absolute atomic E-state index is 9.18. The van der Waals surface area contributed by atoms with Gasteiger partial charge >= 0.3 is 0 Å². The molecule has 0 aliphatic rings. The first-order chi connectivity index (χ1) is 4.91. The van der Waals surface area contributed by atoms with E-state index in [1.165, 1.54) is 0 Å². The van der Waals surface area contributed by atoms with Crippen LogP contribution in [0.4, 0.5) is 0 Å². The molecule has 0 saturated carbocycles. The second-order valence-corrected chi connectivity index (χ2v) is 1.21. The van der Waals surface area contributed by atoms with Gasteiger partial charge in [-0.25, -0.2) is 0 Å². The number of nitrogens with zero attached hydrogens (tertiary/aromatic N) is 2. The van der Waals surface area contributed by atoms with Crippen molar-refractivity contribution in [3.63, 3.8) is 0 Å². The lowest BCUT2D eigenvalue weighted by Gasteiger charge is -1.79. The number of hydrogen-bond acceptors (Lipinski definition) is 4. The molecule has 5 nitrogen and oxygen atoms in total. The third kappa shape index (κ3) is 6.61. The first-order valence-electron chi connectivity index (χ1n) is 2.76. The van der Waals surface area contributed by atoms with Crippen molar-refractivity contribution in [1.29, 1.82) is 0 Å². The molecule has 1 aromatic rings. The van der Waals surface area contributed by atoms with E-state index in [2.05, 4.69) is 20.1 Å². The number of aromatic amines is 1. The topological polar surface area (TPSA) is 67.9 Å². The lowest BCUT2D eigenvalue weighted by atomic mass is 10.9. The molecule has 0 atom stereocenters. The Bertz CT molecular complexity index is 123. The minimum Gasteiger partial charge on any atom is -0.468 e. The first kappa shape index (κ1) is 8.61. The Morgan fingerprint density at radius 2 is 2.20 bits per heavy atom. The normalized spacial score (nSPS) is 7.30. The van der Waals surface area contributed by atoms with E-state index in [-0.39, 0.29) is 0 Å². The zero-order valence-corrected chi connectivity index (χ0v) is 5.65. The maximum atomic E-state index is 9.18. The largest absolute Gasteiger partial charge is 0.468 e. The van der Waals surface area contributed by atoms with E-state index in [1.54, 1.807) is 19.3 Å². The van der Waals surface area contributed by atoms with Gasteiger partial charge < -0.3 is 4.74 Å². The Balaban J connectivity index is 0.000000162. The Morgan fingerprint density at radius 3 is 2.30 bits per heavy atom. The van der Waals surface area contributed by atoms with Crippen LogP contribution in [0.3, 0.4) is 0 Å². The van der Waals surface area contributed by atoms with Gasteiger partial charge in [0, 0.05) is 0 Å². The maximum Gasteiger partial charge on any atom is 0.293 e. The zero-order valence-electron chi connectivity index (χ0n) is 5.65. The lowest BCUT2D eigenvalue weighted by Crippen LogP contribution is -1.80. The molecule has 0 amide bonds. The van der Waals surface area contributed by atoms with Gasteiger partial charge in [-0.2, -0.15) is 15.4 Å². The average Bonchev–Trinajstić information content (AvgIpc) is 2.44. The summed E-state index contributed by atoms with van der Waals surface area (Å²) in [6.45, 7) is 2.66. The average molecular weight is 143 g/mol. The summed E-state index contributed by atoms with van der Waals surface area (Å²) in [5.74, 6) is 0. The molecular formula is C5H9N3O2. The van der Waals surface area contributed by atoms with Crippen LogP contribution in [0.1, 0.15) is 6.92 Å². The van der Waals surface area contributed by atoms with Gasteiger partial charge in [-0.15, -0.1) is 0 Å². The van der Waals surface area contributed by atoms with Crippen LogP contribution in [0.2, 0.25) is 0 Å². The van der Waals surface area contributed by atoms with Crippen LogP contribution in [0, 0.1) is 0 Å². The summed E-state index contributed by atoms with van der Waals surface area (Å²) in [7, 11) is 0. The molecule has 1 aromatic heterocycles. The molecular weight excluding hydrogens is 134 g/mol. The fraction of sp³-hybridized carbons (Fsp3) is 0.400. The molecule has 0 fully saturated rings. The molecule has 10 heavy (non-hydrogen) atoms. The standard InChI is InChI=1S/C3H6O2.C2H3N3/c1-2-5-3-4;1-2-4-5-3-1/h3H,2H2,1H3;1-2H,(H,3,4,5). The third-order valence-corrected chi connectivity index (χ3v) is 0.566. The molecule has 1 heterocycles. The van der Waals surface area contributed by atoms with Crippen molar-refractivity contribution in [3.05, 3.63) is 12.4 Å². The molecule has 0 saturated heterocycles. The highest BCUT2D eigenvalue weighted by atomic mass is 16.5. The van der Waals surface area contributed by atoms with Gasteiger partial charge in [-0.1, -0.05) is 0 Å². The summed E-state index contributed by atoms with van der Waals surface area (Å²) in [6, 6.07) is 0. The van der Waals surface area contributed by atoms with Crippen LogP contribution in [-0.2, 0) is 9.53 Å². The fourth-order valence-corrected chi connectivity index (χ4v) is 0.235. The van der Waals surface area contributed by atoms with Crippen LogP contribution in [0.5, 0.6) is 0 Å². The van der Waals surface area contributed by atoms with Crippen LogP contribution >= 0.6 is 0 Å². The molecule has 0 radical (unpaired) electrons. The number of rotatable bonds is 2. The summed E-state index contributed by atoms with van der Waals surface area (Å²) >= 11 is 0. The minimum absolute atomic E-state index is 0.431. The minimum atomic E-state index is 0.431. The summed E-state index contributed by atoms with van der Waals surface area (Å²) in [5.41, 5.74) is 0. The SMILES string of the molecule is CCOC=O.c1cn[nH]n1. The van der Waals surface area contributed by atoms with Crippen LogP contribution in [0.15, 0.2) is 12.4 Å². The summed E-state index contributed by atoms with van der Waals surface area (Å²) in [6.07, 6.45) is 3.17. The molecule has 1 N–H and O–H groups in total. The van der Waals surface area contributed by atoms with E-state index >= 15 is 0 Å². The van der Waals surface area contributed by atoms with Gasteiger partial charge in [0.2, 0.25) is 0 Å². The van der Waals surface area contributed by atoms with E-state index in [0.717, 1.165) is 0 Å². The Morgan fingerprint density at radius 1 is 1.60 bits per heavy atom. The third-order valence-electron chi connectivity index (χ3n) is 0.566. The smallest absolute Gasteiger partial charge is 0.293 e. The van der Waals surface area contributed by atoms with Crippen LogP contribution in [-0.4, -0.2) is 28.5 Å². The fourth-order valence-electron chi connectivity index (χ4n) is 0.235. The first-order valence-corrected chi connectivity index (χ1v) is 2.76. The van der Waals surface area contributed by atoms with Crippen LogP contribution in [0.25, 0.3) is 0 Å². The molecule has 0 aliphatic heterocycles. The van der Waals surface area contributed by atoms with Crippen molar-refractivity contribution in [1.82, 2.24) is 15.4 Å². The number of aromatic nitrogens is 3. The van der Waals surface area contributed by atoms with E-state index in [9.17, 15) is 4.79 Å². The van der Waals surface area contributed by atoms with Crippen molar-refractivity contribution in [3.8, 4) is 0 Å². The predicted molar refractivity (Wildman–Crippen MR) is 34.1 cm³/mol. The van der Waals surface area contributed by atoms with E-state index in [4.69, 9.17) is 0 Å². The number of carbonyl (C=O) groups is 1. The second kappa shape index (κ2) is 7.61. The number of nitrogens with one attached hydrogen (secondary N) is 1. The lowest BCUT2D eigenvalue weighted by molar-refractivity contribution is -0.128. The summed E-state index contributed by atoms with van der Waals surface area (Å²) in [5, 5.41) is 9.33. The number of carbonyl (C=O) groups excluding carboxylic acids is 1. The predicted octanol–water partition coefficient (Wildman–Crippen LogP) is -0.0160. The molecule has 0 spiro atoms. The molecule has 0 bridgehead atoms. The molecule has 56 valence electrons. The monoisotopic (exact) mass is 143 g/mol. The Labute approximate surface area is 58.4 Å². The second-order valence-electron chi connectivity index (χ2n) is 1.21. The molecule has 0 aliphatic carbocycles. The highest BCUT2D eigenvalue weighted by Gasteiger charge is 1.60. The van der Waals surface area contributed by atoms with Gasteiger partial charge in [0.15, 0.2) is 0 Å².